The zero-order chi connectivity index (χ0) is 16.0. The van der Waals surface area contributed by atoms with Crippen LogP contribution in [-0.4, -0.2) is 39.7 Å². The molecule has 0 aliphatic heterocycles. The number of ether oxygens (including phenoxy) is 1. The van der Waals surface area contributed by atoms with Crippen molar-refractivity contribution in [3.63, 3.8) is 0 Å². The lowest BCUT2D eigenvalue weighted by molar-refractivity contribution is 0.0111. The van der Waals surface area contributed by atoms with Crippen LogP contribution in [0.15, 0.2) is 24.3 Å². The molecule has 4 N–H and O–H groups in total. The van der Waals surface area contributed by atoms with Crippen molar-refractivity contribution < 1.29 is 24.9 Å². The highest BCUT2D eigenvalue weighted by atomic mass is 16.6. The molecule has 0 radical (unpaired) electrons. The fourth-order valence-electron chi connectivity index (χ4n) is 1.74. The second-order valence-electron chi connectivity index (χ2n) is 5.79. The van der Waals surface area contributed by atoms with Crippen LogP contribution in [0.25, 0.3) is 0 Å². The minimum Gasteiger partial charge on any atom is -0.508 e. The van der Waals surface area contributed by atoms with Crippen molar-refractivity contribution in [1.29, 1.82) is 0 Å². The summed E-state index contributed by atoms with van der Waals surface area (Å²) in [6, 6.07) is 6.25. The lowest BCUT2D eigenvalue weighted by Gasteiger charge is -2.21. The summed E-state index contributed by atoms with van der Waals surface area (Å²) in [5, 5.41) is 32.0. The first kappa shape index (κ1) is 17.3. The molecule has 0 saturated heterocycles. The van der Waals surface area contributed by atoms with E-state index in [4.69, 9.17) is 4.74 Å². The SMILES string of the molecule is CC(C)(C)OC(=O)NCCC(O)C(O)c1ccccc1O. The van der Waals surface area contributed by atoms with Crippen LogP contribution in [0.3, 0.4) is 0 Å². The number of phenolic OH excluding ortho intramolecular Hbond substituents is 1. The number of aromatic hydroxyl groups is 1. The Hall–Kier alpha value is -1.79. The lowest BCUT2D eigenvalue weighted by Crippen LogP contribution is -2.34. The molecule has 0 fully saturated rings. The first-order valence-electron chi connectivity index (χ1n) is 6.81. The highest BCUT2D eigenvalue weighted by molar-refractivity contribution is 5.67. The van der Waals surface area contributed by atoms with E-state index >= 15 is 0 Å². The van der Waals surface area contributed by atoms with Crippen LogP contribution in [0.2, 0.25) is 0 Å². The van der Waals surface area contributed by atoms with Gasteiger partial charge in [-0.05, 0) is 33.3 Å². The van der Waals surface area contributed by atoms with E-state index in [0.29, 0.717) is 0 Å². The number of hydrogen-bond acceptors (Lipinski definition) is 5. The molecular formula is C15H23NO5. The number of rotatable bonds is 5. The van der Waals surface area contributed by atoms with Crippen molar-refractivity contribution in [3.05, 3.63) is 29.8 Å². The van der Waals surface area contributed by atoms with Crippen molar-refractivity contribution in [2.75, 3.05) is 6.54 Å². The number of benzene rings is 1. The van der Waals surface area contributed by atoms with E-state index in [9.17, 15) is 20.1 Å². The molecular weight excluding hydrogens is 274 g/mol. The maximum Gasteiger partial charge on any atom is 0.407 e. The van der Waals surface area contributed by atoms with Gasteiger partial charge in [-0.3, -0.25) is 0 Å². The van der Waals surface area contributed by atoms with Crippen LogP contribution in [0, 0.1) is 0 Å². The van der Waals surface area contributed by atoms with E-state index in [1.54, 1.807) is 32.9 Å². The topological polar surface area (TPSA) is 99.0 Å². The highest BCUT2D eigenvalue weighted by Gasteiger charge is 2.21. The molecule has 118 valence electrons. The summed E-state index contributed by atoms with van der Waals surface area (Å²) in [5.41, 5.74) is -0.333. The molecule has 6 nitrogen and oxygen atoms in total. The monoisotopic (exact) mass is 297 g/mol. The van der Waals surface area contributed by atoms with E-state index in [2.05, 4.69) is 5.32 Å². The van der Waals surface area contributed by atoms with Gasteiger partial charge in [0.2, 0.25) is 0 Å². The van der Waals surface area contributed by atoms with Gasteiger partial charge < -0.3 is 25.4 Å². The third kappa shape index (κ3) is 6.01. The highest BCUT2D eigenvalue weighted by Crippen LogP contribution is 2.26. The number of amides is 1. The summed E-state index contributed by atoms with van der Waals surface area (Å²) >= 11 is 0. The first-order valence-corrected chi connectivity index (χ1v) is 6.81. The van der Waals surface area contributed by atoms with E-state index in [0.717, 1.165) is 0 Å². The number of carbonyl (C=O) groups is 1. The molecule has 1 rings (SSSR count). The predicted octanol–water partition coefficient (Wildman–Crippen LogP) is 1.70. The standard InChI is InChI=1S/C15H23NO5/c1-15(2,3)21-14(20)16-9-8-12(18)13(19)10-6-4-5-7-11(10)17/h4-7,12-13,17-19H,8-9H2,1-3H3,(H,16,20). The minimum absolute atomic E-state index is 0.0795. The van der Waals surface area contributed by atoms with Crippen molar-refractivity contribution in [1.82, 2.24) is 5.32 Å². The van der Waals surface area contributed by atoms with Crippen LogP contribution in [0.5, 0.6) is 5.75 Å². The maximum absolute atomic E-state index is 11.4. The van der Waals surface area contributed by atoms with Crippen LogP contribution < -0.4 is 5.32 Å². The molecule has 1 aromatic rings. The zero-order valence-corrected chi connectivity index (χ0v) is 12.5. The van der Waals surface area contributed by atoms with Crippen molar-refractivity contribution >= 4 is 6.09 Å². The molecule has 1 aromatic carbocycles. The van der Waals surface area contributed by atoms with Gasteiger partial charge in [0.25, 0.3) is 0 Å². The van der Waals surface area contributed by atoms with Gasteiger partial charge in [0.15, 0.2) is 0 Å². The van der Waals surface area contributed by atoms with Gasteiger partial charge in [0, 0.05) is 12.1 Å². The second-order valence-corrected chi connectivity index (χ2v) is 5.79. The molecule has 6 heteroatoms. The molecule has 0 saturated carbocycles. The third-order valence-electron chi connectivity index (χ3n) is 2.73. The number of carbonyl (C=O) groups excluding carboxylic acids is 1. The number of hydrogen-bond donors (Lipinski definition) is 4. The average Bonchev–Trinajstić information content (AvgIpc) is 2.36. The Morgan fingerprint density at radius 2 is 1.90 bits per heavy atom. The van der Waals surface area contributed by atoms with Crippen molar-refractivity contribution in [3.8, 4) is 5.75 Å². The van der Waals surface area contributed by atoms with E-state index in [1.807, 2.05) is 0 Å². The van der Waals surface area contributed by atoms with Gasteiger partial charge in [-0.1, -0.05) is 18.2 Å². The van der Waals surface area contributed by atoms with Gasteiger partial charge in [-0.2, -0.15) is 0 Å². The Bertz CT molecular complexity index is 469. The molecule has 0 aliphatic carbocycles. The van der Waals surface area contributed by atoms with Gasteiger partial charge in [-0.25, -0.2) is 4.79 Å². The molecule has 0 heterocycles. The number of para-hydroxylation sites is 1. The van der Waals surface area contributed by atoms with Crippen molar-refractivity contribution in [2.24, 2.45) is 0 Å². The minimum atomic E-state index is -1.22. The normalized spacial score (nSPS) is 14.3. The van der Waals surface area contributed by atoms with E-state index < -0.39 is 23.9 Å². The molecule has 0 bridgehead atoms. The van der Waals surface area contributed by atoms with Gasteiger partial charge in [0.1, 0.15) is 17.5 Å². The largest absolute Gasteiger partial charge is 0.508 e. The molecule has 21 heavy (non-hydrogen) atoms. The van der Waals surface area contributed by atoms with Crippen LogP contribution in [0.1, 0.15) is 38.9 Å². The smallest absolute Gasteiger partial charge is 0.407 e. The van der Waals surface area contributed by atoms with E-state index in [-0.39, 0.29) is 24.3 Å². The number of phenols is 1. The Balaban J connectivity index is 2.42. The number of alkyl carbamates (subject to hydrolysis) is 1. The summed E-state index contributed by atoms with van der Waals surface area (Å²) in [6.45, 7) is 5.41. The fourth-order valence-corrected chi connectivity index (χ4v) is 1.74. The summed E-state index contributed by atoms with van der Waals surface area (Å²) < 4.78 is 5.05. The summed E-state index contributed by atoms with van der Waals surface area (Å²) in [4.78, 5) is 11.4. The van der Waals surface area contributed by atoms with Gasteiger partial charge >= 0.3 is 6.09 Å². The Morgan fingerprint density at radius 1 is 1.29 bits per heavy atom. The van der Waals surface area contributed by atoms with Crippen molar-refractivity contribution in [2.45, 2.75) is 45.0 Å². The molecule has 0 aromatic heterocycles. The Morgan fingerprint density at radius 3 is 2.48 bits per heavy atom. The molecule has 1 amide bonds. The lowest BCUT2D eigenvalue weighted by atomic mass is 10.0. The zero-order valence-electron chi connectivity index (χ0n) is 12.5. The third-order valence-corrected chi connectivity index (χ3v) is 2.73. The first-order chi connectivity index (χ1) is 9.70. The Kier molecular flexibility index (Phi) is 5.99. The molecule has 2 unspecified atom stereocenters. The van der Waals surface area contributed by atoms with Crippen LogP contribution >= 0.6 is 0 Å². The Labute approximate surface area is 124 Å². The van der Waals surface area contributed by atoms with Gasteiger partial charge in [-0.15, -0.1) is 0 Å². The predicted molar refractivity (Wildman–Crippen MR) is 77.9 cm³/mol. The van der Waals surface area contributed by atoms with Gasteiger partial charge in [0.05, 0.1) is 6.10 Å². The molecule has 0 spiro atoms. The summed E-state index contributed by atoms with van der Waals surface area (Å²) in [5.74, 6) is -0.0795. The molecule has 2 atom stereocenters. The molecule has 0 aliphatic rings. The number of aliphatic hydroxyl groups is 2. The second kappa shape index (κ2) is 7.28. The maximum atomic E-state index is 11.4. The number of aliphatic hydroxyl groups excluding tert-OH is 2. The fraction of sp³-hybridized carbons (Fsp3) is 0.533. The van der Waals surface area contributed by atoms with Crippen LogP contribution in [-0.2, 0) is 4.74 Å². The van der Waals surface area contributed by atoms with Crippen LogP contribution in [0.4, 0.5) is 4.79 Å². The summed E-state index contributed by atoms with van der Waals surface area (Å²) in [7, 11) is 0. The number of nitrogens with one attached hydrogen (secondary N) is 1. The quantitative estimate of drug-likeness (QED) is 0.663. The van der Waals surface area contributed by atoms with E-state index in [1.165, 1.54) is 12.1 Å². The summed E-state index contributed by atoms with van der Waals surface area (Å²) in [6.07, 6.45) is -2.76. The average molecular weight is 297 g/mol.